The summed E-state index contributed by atoms with van der Waals surface area (Å²) in [5, 5.41) is 0.283. The van der Waals surface area contributed by atoms with Gasteiger partial charge in [0, 0.05) is 12.5 Å². The molecule has 0 aliphatic heterocycles. The Morgan fingerprint density at radius 3 is 2.04 bits per heavy atom. The van der Waals surface area contributed by atoms with E-state index in [0.717, 1.165) is 12.8 Å². The quantitative estimate of drug-likeness (QED) is 0.151. The fraction of sp³-hybridized carbons (Fsp3) is 0.810. The van der Waals surface area contributed by atoms with Crippen molar-refractivity contribution in [3.05, 3.63) is 12.7 Å². The molecular weight excluding hydrogens is 296 g/mol. The van der Waals surface area contributed by atoms with Gasteiger partial charge in [0.2, 0.25) is 0 Å². The van der Waals surface area contributed by atoms with E-state index in [1.54, 1.807) is 0 Å². The van der Waals surface area contributed by atoms with Gasteiger partial charge < -0.3 is 4.43 Å². The second-order valence-corrected chi connectivity index (χ2v) is 13.0. The van der Waals surface area contributed by atoms with E-state index in [4.69, 9.17) is 10.8 Å². The molecule has 0 N–H and O–H groups in total. The Hall–Kier alpha value is -0.523. The minimum atomic E-state index is -1.66. The standard InChI is InChI=1S/C21H40OSi/c1-8-10-11-12-13-14-15-16-17-19-20(18-9-2)22-23(6,7)21(3,4)5/h1,9,20H,2,10-19H2,3-7H3/t20-/m1/s1. The fourth-order valence-corrected chi connectivity index (χ4v) is 3.89. The number of hydrogen-bond acceptors (Lipinski definition) is 1. The van der Waals surface area contributed by atoms with Crippen LogP contribution < -0.4 is 0 Å². The number of hydrogen-bond donors (Lipinski definition) is 0. The molecule has 0 fully saturated rings. The van der Waals surface area contributed by atoms with Gasteiger partial charge >= 0.3 is 0 Å². The van der Waals surface area contributed by atoms with Gasteiger partial charge in [-0.05, 0) is 37.4 Å². The highest BCUT2D eigenvalue weighted by Gasteiger charge is 2.38. The van der Waals surface area contributed by atoms with Crippen LogP contribution >= 0.6 is 0 Å². The molecule has 0 aliphatic rings. The third-order valence-electron chi connectivity index (χ3n) is 5.04. The summed E-state index contributed by atoms with van der Waals surface area (Å²) >= 11 is 0. The summed E-state index contributed by atoms with van der Waals surface area (Å²) in [5.41, 5.74) is 0. The lowest BCUT2D eigenvalue weighted by Gasteiger charge is -2.39. The predicted molar refractivity (Wildman–Crippen MR) is 107 cm³/mol. The molecule has 0 saturated heterocycles. The maximum atomic E-state index is 6.56. The van der Waals surface area contributed by atoms with E-state index in [1.165, 1.54) is 51.4 Å². The Bertz CT molecular complexity index is 346. The summed E-state index contributed by atoms with van der Waals surface area (Å²) in [6, 6.07) is 0. The third kappa shape index (κ3) is 10.8. The van der Waals surface area contributed by atoms with Gasteiger partial charge in [-0.25, -0.2) is 0 Å². The van der Waals surface area contributed by atoms with Crippen molar-refractivity contribution in [1.82, 2.24) is 0 Å². The van der Waals surface area contributed by atoms with Gasteiger partial charge in [0.15, 0.2) is 8.32 Å². The van der Waals surface area contributed by atoms with Gasteiger partial charge in [-0.2, -0.15) is 0 Å². The summed E-state index contributed by atoms with van der Waals surface area (Å²) in [7, 11) is -1.66. The van der Waals surface area contributed by atoms with E-state index in [0.29, 0.717) is 6.10 Å². The molecule has 2 heteroatoms. The zero-order chi connectivity index (χ0) is 17.8. The van der Waals surface area contributed by atoms with Crippen LogP contribution in [0, 0.1) is 12.3 Å². The van der Waals surface area contributed by atoms with E-state index in [1.807, 2.05) is 6.08 Å². The second-order valence-electron chi connectivity index (χ2n) is 8.24. The number of unbranched alkanes of at least 4 members (excludes halogenated alkanes) is 7. The van der Waals surface area contributed by atoms with Crippen molar-refractivity contribution in [2.75, 3.05) is 0 Å². The Balaban J connectivity index is 3.94. The molecule has 0 rings (SSSR count). The Labute approximate surface area is 147 Å². The molecule has 0 aromatic carbocycles. The molecule has 0 aromatic rings. The van der Waals surface area contributed by atoms with Crippen LogP contribution in [0.1, 0.15) is 85.0 Å². The molecule has 0 radical (unpaired) electrons. The van der Waals surface area contributed by atoms with Gasteiger partial charge in [0.1, 0.15) is 0 Å². The zero-order valence-electron chi connectivity index (χ0n) is 16.4. The molecule has 0 spiro atoms. The van der Waals surface area contributed by atoms with Gasteiger partial charge in [-0.3, -0.25) is 0 Å². The topological polar surface area (TPSA) is 9.23 Å². The molecule has 0 unspecified atom stereocenters. The molecule has 23 heavy (non-hydrogen) atoms. The van der Waals surface area contributed by atoms with Crippen LogP contribution in [-0.4, -0.2) is 14.4 Å². The van der Waals surface area contributed by atoms with Crippen LogP contribution in [0.15, 0.2) is 12.7 Å². The molecule has 1 atom stereocenters. The number of rotatable bonds is 13. The fourth-order valence-electron chi connectivity index (χ4n) is 2.49. The first-order valence-corrected chi connectivity index (χ1v) is 12.4. The Kier molecular flexibility index (Phi) is 11.7. The largest absolute Gasteiger partial charge is 0.414 e. The van der Waals surface area contributed by atoms with E-state index in [-0.39, 0.29) is 5.04 Å². The molecule has 134 valence electrons. The van der Waals surface area contributed by atoms with E-state index in [2.05, 4.69) is 46.4 Å². The first-order chi connectivity index (χ1) is 10.7. The van der Waals surface area contributed by atoms with Gasteiger partial charge in [0.05, 0.1) is 0 Å². The van der Waals surface area contributed by atoms with Crippen LogP contribution in [0.25, 0.3) is 0 Å². The minimum Gasteiger partial charge on any atom is -0.414 e. The summed E-state index contributed by atoms with van der Waals surface area (Å²) in [4.78, 5) is 0. The minimum absolute atomic E-state index is 0.283. The Morgan fingerprint density at radius 1 is 1.04 bits per heavy atom. The molecule has 0 aliphatic carbocycles. The maximum Gasteiger partial charge on any atom is 0.192 e. The van der Waals surface area contributed by atoms with Crippen molar-refractivity contribution < 1.29 is 4.43 Å². The van der Waals surface area contributed by atoms with E-state index in [9.17, 15) is 0 Å². The normalized spacial score (nSPS) is 13.6. The highest BCUT2D eigenvalue weighted by molar-refractivity contribution is 6.74. The molecule has 0 aromatic heterocycles. The smallest absolute Gasteiger partial charge is 0.192 e. The Morgan fingerprint density at radius 2 is 1.57 bits per heavy atom. The van der Waals surface area contributed by atoms with Crippen molar-refractivity contribution in [3.63, 3.8) is 0 Å². The summed E-state index contributed by atoms with van der Waals surface area (Å²) in [6.07, 6.45) is 19.9. The molecule has 0 heterocycles. The molecule has 1 nitrogen and oxygen atoms in total. The second kappa shape index (κ2) is 11.9. The summed E-state index contributed by atoms with van der Waals surface area (Å²) < 4.78 is 6.56. The van der Waals surface area contributed by atoms with Crippen LogP contribution in [0.5, 0.6) is 0 Å². The predicted octanol–water partition coefficient (Wildman–Crippen LogP) is 7.10. The molecule has 0 saturated carbocycles. The average Bonchev–Trinajstić information content (AvgIpc) is 2.44. The highest BCUT2D eigenvalue weighted by Crippen LogP contribution is 2.38. The van der Waals surface area contributed by atoms with E-state index >= 15 is 0 Å². The van der Waals surface area contributed by atoms with Gasteiger partial charge in [-0.15, -0.1) is 18.9 Å². The lowest BCUT2D eigenvalue weighted by Crippen LogP contribution is -2.43. The number of terminal acetylenes is 1. The lowest BCUT2D eigenvalue weighted by molar-refractivity contribution is 0.170. The summed E-state index contributed by atoms with van der Waals surface area (Å²) in [6.45, 7) is 15.5. The first kappa shape index (κ1) is 22.5. The van der Waals surface area contributed by atoms with Crippen molar-refractivity contribution >= 4 is 8.32 Å². The van der Waals surface area contributed by atoms with Crippen molar-refractivity contribution in [2.45, 2.75) is 109 Å². The van der Waals surface area contributed by atoms with E-state index < -0.39 is 8.32 Å². The molecule has 0 amide bonds. The zero-order valence-corrected chi connectivity index (χ0v) is 17.4. The third-order valence-corrected chi connectivity index (χ3v) is 9.58. The van der Waals surface area contributed by atoms with Gasteiger partial charge in [0.25, 0.3) is 0 Å². The average molecular weight is 337 g/mol. The van der Waals surface area contributed by atoms with Crippen LogP contribution in [-0.2, 0) is 4.43 Å². The highest BCUT2D eigenvalue weighted by atomic mass is 28.4. The van der Waals surface area contributed by atoms with Crippen LogP contribution in [0.4, 0.5) is 0 Å². The lowest BCUT2D eigenvalue weighted by atomic mass is 10.0. The van der Waals surface area contributed by atoms with Crippen LogP contribution in [0.2, 0.25) is 18.1 Å². The maximum absolute atomic E-state index is 6.56. The summed E-state index contributed by atoms with van der Waals surface area (Å²) in [5.74, 6) is 2.71. The SMILES string of the molecule is C#CCCCCCCCCC[C@@H](CC=C)O[Si](C)(C)C(C)(C)C. The van der Waals surface area contributed by atoms with Crippen molar-refractivity contribution in [3.8, 4) is 12.3 Å². The van der Waals surface area contributed by atoms with Crippen molar-refractivity contribution in [2.24, 2.45) is 0 Å². The van der Waals surface area contributed by atoms with Crippen LogP contribution in [0.3, 0.4) is 0 Å². The first-order valence-electron chi connectivity index (χ1n) is 9.47. The van der Waals surface area contributed by atoms with Crippen molar-refractivity contribution in [1.29, 1.82) is 0 Å². The monoisotopic (exact) mass is 336 g/mol. The van der Waals surface area contributed by atoms with Gasteiger partial charge in [-0.1, -0.05) is 65.4 Å². The molecular formula is C21H40OSi. The molecule has 0 bridgehead atoms.